The summed E-state index contributed by atoms with van der Waals surface area (Å²) in [7, 11) is 0. The van der Waals surface area contributed by atoms with Crippen LogP contribution in [0.25, 0.3) is 11.5 Å². The number of hydrogen-bond donors (Lipinski definition) is 2. The monoisotopic (exact) mass is 373 g/mol. The van der Waals surface area contributed by atoms with Crippen molar-refractivity contribution in [2.75, 3.05) is 11.9 Å². The molecule has 2 aromatic carbocycles. The number of oxazole rings is 1. The number of halogens is 2. The summed E-state index contributed by atoms with van der Waals surface area (Å²) in [5.41, 5.74) is 1.64. The van der Waals surface area contributed by atoms with Gasteiger partial charge in [0.15, 0.2) is 0 Å². The van der Waals surface area contributed by atoms with E-state index in [0.29, 0.717) is 40.7 Å². The van der Waals surface area contributed by atoms with Gasteiger partial charge in [-0.15, -0.1) is 0 Å². The maximum atomic E-state index is 13.8. The predicted molar refractivity (Wildman–Crippen MR) is 98.8 cm³/mol. The van der Waals surface area contributed by atoms with E-state index in [0.717, 1.165) is 0 Å². The first-order valence-electron chi connectivity index (χ1n) is 8.04. The van der Waals surface area contributed by atoms with Gasteiger partial charge in [0.1, 0.15) is 11.6 Å². The molecule has 0 unspecified atom stereocenters. The molecule has 2 N–H and O–H groups in total. The lowest BCUT2D eigenvalue weighted by molar-refractivity contribution is 0.252. The first-order chi connectivity index (χ1) is 12.5. The summed E-state index contributed by atoms with van der Waals surface area (Å²) < 4.78 is 19.4. The molecule has 0 atom stereocenters. The molecule has 26 heavy (non-hydrogen) atoms. The topological polar surface area (TPSA) is 67.2 Å². The predicted octanol–water partition coefficient (Wildman–Crippen LogP) is 4.81. The zero-order valence-corrected chi connectivity index (χ0v) is 14.8. The summed E-state index contributed by atoms with van der Waals surface area (Å²) in [4.78, 5) is 16.2. The van der Waals surface area contributed by atoms with E-state index in [4.69, 9.17) is 16.0 Å². The molecule has 1 aromatic heterocycles. The van der Waals surface area contributed by atoms with Crippen LogP contribution in [0.2, 0.25) is 5.02 Å². The lowest BCUT2D eigenvalue weighted by Gasteiger charge is -2.07. The van der Waals surface area contributed by atoms with E-state index in [-0.39, 0.29) is 17.7 Å². The highest BCUT2D eigenvalue weighted by Gasteiger charge is 2.14. The zero-order chi connectivity index (χ0) is 18.5. The van der Waals surface area contributed by atoms with Crippen molar-refractivity contribution in [2.24, 2.45) is 0 Å². The number of benzene rings is 2. The first-order valence-corrected chi connectivity index (χ1v) is 8.42. The smallest absolute Gasteiger partial charge is 0.319 e. The van der Waals surface area contributed by atoms with E-state index in [2.05, 4.69) is 15.6 Å². The third-order valence-electron chi connectivity index (χ3n) is 3.75. The molecule has 0 aliphatic heterocycles. The highest BCUT2D eigenvalue weighted by atomic mass is 35.5. The normalized spacial score (nSPS) is 10.6. The number of carbonyl (C=O) groups is 1. The number of nitrogens with zero attached hydrogens (tertiary/aromatic N) is 1. The highest BCUT2D eigenvalue weighted by molar-refractivity contribution is 6.30. The third kappa shape index (κ3) is 4.40. The van der Waals surface area contributed by atoms with Crippen molar-refractivity contribution in [1.82, 2.24) is 10.3 Å². The standard InChI is InChI=1S/C19H17ClFN3O2/c1-12-17(24-18(26-12)15-4-2-3-5-16(15)21)10-11-22-19(25)23-14-8-6-13(20)7-9-14/h2-9H,10-11H2,1H3,(H2,22,23,25). The molecule has 0 radical (unpaired) electrons. The maximum Gasteiger partial charge on any atom is 0.319 e. The van der Waals surface area contributed by atoms with Crippen molar-refractivity contribution in [2.45, 2.75) is 13.3 Å². The molecule has 0 spiro atoms. The van der Waals surface area contributed by atoms with Gasteiger partial charge in [0.2, 0.25) is 5.89 Å². The fourth-order valence-corrected chi connectivity index (χ4v) is 2.54. The molecular weight excluding hydrogens is 357 g/mol. The van der Waals surface area contributed by atoms with Gasteiger partial charge in [0, 0.05) is 23.7 Å². The Hall–Kier alpha value is -2.86. The molecule has 3 rings (SSSR count). The Morgan fingerprint density at radius 1 is 1.19 bits per heavy atom. The molecule has 0 saturated heterocycles. The Labute approximate surface area is 155 Å². The van der Waals surface area contributed by atoms with Gasteiger partial charge in [-0.05, 0) is 43.3 Å². The van der Waals surface area contributed by atoms with E-state index < -0.39 is 0 Å². The van der Waals surface area contributed by atoms with E-state index in [9.17, 15) is 9.18 Å². The second-order valence-electron chi connectivity index (χ2n) is 5.64. The second kappa shape index (κ2) is 8.01. The third-order valence-corrected chi connectivity index (χ3v) is 4.00. The van der Waals surface area contributed by atoms with E-state index >= 15 is 0 Å². The average molecular weight is 374 g/mol. The van der Waals surface area contributed by atoms with E-state index in [1.807, 2.05) is 0 Å². The molecule has 3 aromatic rings. The minimum Gasteiger partial charge on any atom is -0.441 e. The van der Waals surface area contributed by atoms with Crippen molar-refractivity contribution in [1.29, 1.82) is 0 Å². The summed E-state index contributed by atoms with van der Waals surface area (Å²) in [6, 6.07) is 12.8. The van der Waals surface area contributed by atoms with Gasteiger partial charge < -0.3 is 15.1 Å². The van der Waals surface area contributed by atoms with Crippen molar-refractivity contribution < 1.29 is 13.6 Å². The number of amides is 2. The van der Waals surface area contributed by atoms with Crippen molar-refractivity contribution in [3.63, 3.8) is 0 Å². The van der Waals surface area contributed by atoms with Crippen LogP contribution in [0, 0.1) is 12.7 Å². The SMILES string of the molecule is Cc1oc(-c2ccccc2F)nc1CCNC(=O)Nc1ccc(Cl)cc1. The van der Waals surface area contributed by atoms with Crippen LogP contribution < -0.4 is 10.6 Å². The number of hydrogen-bond acceptors (Lipinski definition) is 3. The first kappa shape index (κ1) is 17.9. The van der Waals surface area contributed by atoms with Crippen LogP contribution in [-0.4, -0.2) is 17.6 Å². The summed E-state index contributed by atoms with van der Waals surface area (Å²) in [6.07, 6.45) is 0.470. The largest absolute Gasteiger partial charge is 0.441 e. The van der Waals surface area contributed by atoms with Crippen molar-refractivity contribution in [3.8, 4) is 11.5 Å². The fraction of sp³-hybridized carbons (Fsp3) is 0.158. The minimum absolute atomic E-state index is 0.237. The van der Waals surface area contributed by atoms with Gasteiger partial charge in [-0.25, -0.2) is 14.2 Å². The van der Waals surface area contributed by atoms with E-state index in [1.54, 1.807) is 49.4 Å². The maximum absolute atomic E-state index is 13.8. The molecule has 7 heteroatoms. The van der Waals surface area contributed by atoms with Gasteiger partial charge in [-0.3, -0.25) is 0 Å². The van der Waals surface area contributed by atoms with Crippen LogP contribution in [0.1, 0.15) is 11.5 Å². The van der Waals surface area contributed by atoms with Crippen LogP contribution in [-0.2, 0) is 6.42 Å². The van der Waals surface area contributed by atoms with Crippen LogP contribution in [0.4, 0.5) is 14.9 Å². The summed E-state index contributed by atoms with van der Waals surface area (Å²) in [6.45, 7) is 2.13. The number of aryl methyl sites for hydroxylation is 1. The lowest BCUT2D eigenvalue weighted by Crippen LogP contribution is -2.30. The van der Waals surface area contributed by atoms with Crippen LogP contribution in [0.15, 0.2) is 52.9 Å². The fourth-order valence-electron chi connectivity index (χ4n) is 2.41. The Bertz CT molecular complexity index is 909. The molecule has 1 heterocycles. The summed E-state index contributed by atoms with van der Waals surface area (Å²) in [5.74, 6) is 0.449. The summed E-state index contributed by atoms with van der Waals surface area (Å²) >= 11 is 5.80. The minimum atomic E-state index is -0.388. The molecule has 2 amide bonds. The Kier molecular flexibility index (Phi) is 5.53. The lowest BCUT2D eigenvalue weighted by atomic mass is 10.2. The van der Waals surface area contributed by atoms with Gasteiger partial charge in [0.05, 0.1) is 11.3 Å². The molecule has 0 aliphatic carbocycles. The number of anilines is 1. The Balaban J connectivity index is 1.56. The average Bonchev–Trinajstić information content (AvgIpc) is 2.98. The second-order valence-corrected chi connectivity index (χ2v) is 6.08. The van der Waals surface area contributed by atoms with E-state index in [1.165, 1.54) is 6.07 Å². The molecule has 5 nitrogen and oxygen atoms in total. The molecule has 0 saturated carbocycles. The van der Waals surface area contributed by atoms with Crippen LogP contribution in [0.3, 0.4) is 0 Å². The summed E-state index contributed by atoms with van der Waals surface area (Å²) in [5, 5.41) is 6.05. The van der Waals surface area contributed by atoms with Gasteiger partial charge in [-0.2, -0.15) is 0 Å². The number of urea groups is 1. The Morgan fingerprint density at radius 2 is 1.92 bits per heavy atom. The van der Waals surface area contributed by atoms with Gasteiger partial charge in [0.25, 0.3) is 0 Å². The van der Waals surface area contributed by atoms with Crippen molar-refractivity contribution >= 4 is 23.3 Å². The van der Waals surface area contributed by atoms with Crippen LogP contribution >= 0.6 is 11.6 Å². The molecule has 0 aliphatic rings. The van der Waals surface area contributed by atoms with Crippen LogP contribution in [0.5, 0.6) is 0 Å². The quantitative estimate of drug-likeness (QED) is 0.674. The zero-order valence-electron chi connectivity index (χ0n) is 14.1. The number of aromatic nitrogens is 1. The molecule has 0 bridgehead atoms. The van der Waals surface area contributed by atoms with Gasteiger partial charge >= 0.3 is 6.03 Å². The Morgan fingerprint density at radius 3 is 2.65 bits per heavy atom. The van der Waals surface area contributed by atoms with Crippen molar-refractivity contribution in [3.05, 3.63) is 70.8 Å². The molecule has 134 valence electrons. The highest BCUT2D eigenvalue weighted by Crippen LogP contribution is 2.24. The number of carbonyl (C=O) groups excluding carboxylic acids is 1. The van der Waals surface area contributed by atoms with Gasteiger partial charge in [-0.1, -0.05) is 23.7 Å². The number of nitrogens with one attached hydrogen (secondary N) is 2. The molecule has 0 fully saturated rings. The number of rotatable bonds is 5. The molecular formula is C19H17ClFN3O2.